The first kappa shape index (κ1) is 23.1. The first-order chi connectivity index (χ1) is 13.0. The minimum Gasteiger partial charge on any atom is -0.778 e. The third-order valence-corrected chi connectivity index (χ3v) is 6.89. The fourth-order valence-electron chi connectivity index (χ4n) is 2.40. The Balaban J connectivity index is 2.02. The second-order valence-corrected chi connectivity index (χ2v) is 9.43. The van der Waals surface area contributed by atoms with Gasteiger partial charge in [-0.25, -0.2) is 4.79 Å². The zero-order chi connectivity index (χ0) is 21.1. The molecule has 0 radical (unpaired) electrons. The summed E-state index contributed by atoms with van der Waals surface area (Å²) >= 11 is 0. The lowest BCUT2D eigenvalue weighted by atomic mass is 10.1. The topological polar surface area (TPSA) is 237 Å². The van der Waals surface area contributed by atoms with E-state index in [4.69, 9.17) is 10.5 Å². The molecular formula is C12H21N4O10P2-. The maximum atomic E-state index is 11.8. The summed E-state index contributed by atoms with van der Waals surface area (Å²) in [7, 11) is -9.98. The molecule has 0 aliphatic carbocycles. The van der Waals surface area contributed by atoms with Gasteiger partial charge in [-0.05, 0) is 6.07 Å². The molecule has 0 aromatic carbocycles. The molecule has 6 atom stereocenters. The van der Waals surface area contributed by atoms with Crippen molar-refractivity contribution in [1.82, 2.24) is 9.55 Å². The molecule has 1 aromatic heterocycles. The van der Waals surface area contributed by atoms with E-state index >= 15 is 0 Å². The van der Waals surface area contributed by atoms with Gasteiger partial charge in [-0.2, -0.15) is 4.98 Å². The molecule has 0 amide bonds. The number of ether oxygens (including phenoxy) is 1. The lowest BCUT2D eigenvalue weighted by Gasteiger charge is -2.31. The Bertz CT molecular complexity index is 835. The van der Waals surface area contributed by atoms with E-state index in [1.54, 1.807) is 0 Å². The highest BCUT2D eigenvalue weighted by molar-refractivity contribution is 7.62. The molecule has 1 fully saturated rings. The van der Waals surface area contributed by atoms with Crippen molar-refractivity contribution >= 4 is 21.2 Å². The van der Waals surface area contributed by atoms with Gasteiger partial charge in [-0.3, -0.25) is 13.4 Å². The number of hydrogen-bond acceptors (Lipinski definition) is 12. The van der Waals surface area contributed by atoms with Crippen LogP contribution < -0.4 is 26.9 Å². The SMILES string of the molecule is Nc1ccn([C@@H]2O[C@H](COP(=O)([O-])OP(=O)([O-])CCC[NH3+])[C@@H](O)[C@H]2O)c(=O)n1. The van der Waals surface area contributed by atoms with Crippen molar-refractivity contribution < 1.29 is 48.4 Å². The number of aromatic nitrogens is 2. The standard InChI is InChI=1S/C12H22N4O10P2/c13-3-1-5-27(20,21)26-28(22,23)24-6-7-9(17)10(18)11(25-7)16-4-2-8(14)15-12(16)19/h2,4,7,9-11,17-18H,1,3,5-6,13H2,(H,20,21)(H,22,23)(H2,14,15,19)/p-1/t7-,9-,10-,11-/m1/s1. The molecule has 2 heterocycles. The van der Waals surface area contributed by atoms with Gasteiger partial charge in [-0.15, -0.1) is 0 Å². The van der Waals surface area contributed by atoms with Gasteiger partial charge < -0.3 is 45.3 Å². The highest BCUT2D eigenvalue weighted by Gasteiger charge is 2.44. The van der Waals surface area contributed by atoms with Crippen LogP contribution in [0.15, 0.2) is 17.1 Å². The molecule has 160 valence electrons. The van der Waals surface area contributed by atoms with Gasteiger partial charge in [0.1, 0.15) is 31.7 Å². The number of phosphoric acid groups is 1. The zero-order valence-electron chi connectivity index (χ0n) is 14.5. The van der Waals surface area contributed by atoms with Crippen molar-refractivity contribution in [3.05, 3.63) is 22.7 Å². The van der Waals surface area contributed by atoms with Crippen LogP contribution in [0, 0.1) is 0 Å². The highest BCUT2D eigenvalue weighted by atomic mass is 31.3. The van der Waals surface area contributed by atoms with E-state index in [0.717, 1.165) is 4.57 Å². The van der Waals surface area contributed by atoms with Gasteiger partial charge in [0, 0.05) is 18.8 Å². The first-order valence-electron chi connectivity index (χ1n) is 8.08. The molecule has 1 aromatic rings. The lowest BCUT2D eigenvalue weighted by molar-refractivity contribution is -0.367. The maximum Gasteiger partial charge on any atom is 0.351 e. The summed E-state index contributed by atoms with van der Waals surface area (Å²) in [5.41, 5.74) is 7.93. The Kier molecular flexibility index (Phi) is 7.50. The number of quaternary nitrogens is 1. The summed E-state index contributed by atoms with van der Waals surface area (Å²) in [4.78, 5) is 38.6. The van der Waals surface area contributed by atoms with E-state index in [9.17, 15) is 33.9 Å². The number of aliphatic hydroxyl groups excluding tert-OH is 2. The maximum absolute atomic E-state index is 11.8. The van der Waals surface area contributed by atoms with Crippen molar-refractivity contribution in [2.45, 2.75) is 31.0 Å². The normalized spacial score (nSPS) is 29.3. The third-order valence-electron chi connectivity index (χ3n) is 3.77. The van der Waals surface area contributed by atoms with Gasteiger partial charge in [0.2, 0.25) is 0 Å². The van der Waals surface area contributed by atoms with Crippen LogP contribution in [0.5, 0.6) is 0 Å². The molecule has 16 heteroatoms. The van der Waals surface area contributed by atoms with Crippen LogP contribution in [0.1, 0.15) is 12.6 Å². The summed E-state index contributed by atoms with van der Waals surface area (Å²) < 4.78 is 37.9. The van der Waals surface area contributed by atoms with E-state index in [-0.39, 0.29) is 18.8 Å². The molecule has 0 spiro atoms. The van der Waals surface area contributed by atoms with Gasteiger partial charge in [0.05, 0.1) is 13.2 Å². The molecule has 7 N–H and O–H groups in total. The highest BCUT2D eigenvalue weighted by Crippen LogP contribution is 2.55. The Labute approximate surface area is 158 Å². The van der Waals surface area contributed by atoms with Crippen molar-refractivity contribution in [3.8, 4) is 0 Å². The van der Waals surface area contributed by atoms with Crippen LogP contribution in [0.4, 0.5) is 5.82 Å². The van der Waals surface area contributed by atoms with Gasteiger partial charge in [-0.1, -0.05) is 0 Å². The molecule has 1 aliphatic rings. The predicted molar refractivity (Wildman–Crippen MR) is 88.3 cm³/mol. The second-order valence-electron chi connectivity index (χ2n) is 5.95. The predicted octanol–water partition coefficient (Wildman–Crippen LogP) is -3.87. The smallest absolute Gasteiger partial charge is 0.351 e. The van der Waals surface area contributed by atoms with Gasteiger partial charge >= 0.3 is 5.69 Å². The summed E-state index contributed by atoms with van der Waals surface area (Å²) in [6, 6.07) is 1.25. The van der Waals surface area contributed by atoms with E-state index in [0.29, 0.717) is 0 Å². The van der Waals surface area contributed by atoms with Crippen molar-refractivity contribution in [2.24, 2.45) is 0 Å². The molecule has 14 nitrogen and oxygen atoms in total. The molecule has 2 unspecified atom stereocenters. The average Bonchev–Trinajstić information content (AvgIpc) is 2.86. The monoisotopic (exact) mass is 443 g/mol. The van der Waals surface area contributed by atoms with Crippen molar-refractivity contribution in [2.75, 3.05) is 25.0 Å². The molecule has 0 bridgehead atoms. The van der Waals surface area contributed by atoms with Crippen LogP contribution in [0.3, 0.4) is 0 Å². The molecule has 28 heavy (non-hydrogen) atoms. The number of aliphatic hydroxyl groups is 2. The Morgan fingerprint density at radius 1 is 1.36 bits per heavy atom. The second kappa shape index (κ2) is 9.09. The van der Waals surface area contributed by atoms with E-state index in [2.05, 4.69) is 19.6 Å². The fraction of sp³-hybridized carbons (Fsp3) is 0.667. The number of rotatable bonds is 9. The van der Waals surface area contributed by atoms with Crippen LogP contribution >= 0.6 is 15.4 Å². The van der Waals surface area contributed by atoms with E-state index in [1.807, 2.05) is 0 Å². The number of nitrogen functional groups attached to an aromatic ring is 1. The first-order valence-corrected chi connectivity index (χ1v) is 11.3. The molecule has 0 saturated carbocycles. The van der Waals surface area contributed by atoms with Crippen LogP contribution in [-0.2, 0) is 22.7 Å². The average molecular weight is 443 g/mol. The zero-order valence-corrected chi connectivity index (χ0v) is 16.3. The van der Waals surface area contributed by atoms with Crippen LogP contribution in [-0.4, -0.2) is 57.4 Å². The Morgan fingerprint density at radius 2 is 2.04 bits per heavy atom. The fourth-order valence-corrected chi connectivity index (χ4v) is 5.08. The number of nitrogens with zero attached hydrogens (tertiary/aromatic N) is 2. The molecule has 2 rings (SSSR count). The third kappa shape index (κ3) is 5.91. The van der Waals surface area contributed by atoms with Gasteiger partial charge in [0.25, 0.3) is 7.82 Å². The summed E-state index contributed by atoms with van der Waals surface area (Å²) in [5.74, 6) is -0.0699. The van der Waals surface area contributed by atoms with Crippen LogP contribution in [0.2, 0.25) is 0 Å². The molecule has 1 saturated heterocycles. The Morgan fingerprint density at radius 3 is 2.64 bits per heavy atom. The van der Waals surface area contributed by atoms with Crippen LogP contribution in [0.25, 0.3) is 0 Å². The van der Waals surface area contributed by atoms with Crippen molar-refractivity contribution in [1.29, 1.82) is 0 Å². The number of anilines is 1. The quantitative estimate of drug-likeness (QED) is 0.268. The summed E-state index contributed by atoms with van der Waals surface area (Å²) in [6.45, 7) is -0.595. The summed E-state index contributed by atoms with van der Waals surface area (Å²) in [5, 5.41) is 20.1. The van der Waals surface area contributed by atoms with Gasteiger partial charge in [0.15, 0.2) is 6.23 Å². The molecular weight excluding hydrogens is 422 g/mol. The van der Waals surface area contributed by atoms with E-state index in [1.165, 1.54) is 12.3 Å². The largest absolute Gasteiger partial charge is 0.778 e. The number of hydrogen-bond donors (Lipinski definition) is 4. The minimum atomic E-state index is -5.28. The summed E-state index contributed by atoms with van der Waals surface area (Å²) in [6.07, 6.45) is -5.32. The lowest BCUT2D eigenvalue weighted by Crippen LogP contribution is -2.50. The number of phosphoric ester groups is 1. The molecule has 1 aliphatic heterocycles. The number of nitrogens with two attached hydrogens (primary N) is 1. The van der Waals surface area contributed by atoms with Crippen molar-refractivity contribution in [3.63, 3.8) is 0 Å². The minimum absolute atomic E-state index is 0.0699. The van der Waals surface area contributed by atoms with E-state index < -0.39 is 58.4 Å². The Hall–Kier alpha value is -1.18.